The van der Waals surface area contributed by atoms with Crippen LogP contribution in [0.3, 0.4) is 0 Å². The van der Waals surface area contributed by atoms with Crippen molar-refractivity contribution in [3.63, 3.8) is 0 Å². The zero-order chi connectivity index (χ0) is 19.1. The first-order valence-corrected chi connectivity index (χ1v) is 9.25. The Hall–Kier alpha value is -3.12. The van der Waals surface area contributed by atoms with Gasteiger partial charge in [-0.15, -0.1) is 0 Å². The maximum absolute atomic E-state index is 14.8. The van der Waals surface area contributed by atoms with Crippen LogP contribution in [0, 0.1) is 17.1 Å². The number of hydrogen-bond acceptors (Lipinski definition) is 2. The predicted molar refractivity (Wildman–Crippen MR) is 107 cm³/mol. The summed E-state index contributed by atoms with van der Waals surface area (Å²) in [6.07, 6.45) is 3.28. The molecule has 0 saturated carbocycles. The molecule has 0 N–H and O–H groups in total. The number of benzene rings is 3. The summed E-state index contributed by atoms with van der Waals surface area (Å²) < 4.78 is 20.6. The zero-order valence-corrected chi connectivity index (χ0v) is 15.4. The van der Waals surface area contributed by atoms with Crippen molar-refractivity contribution in [2.75, 3.05) is 6.61 Å². The number of unbranched alkanes of at least 4 members (excludes halogenated alkanes) is 2. The number of halogens is 1. The Balaban J connectivity index is 1.98. The van der Waals surface area contributed by atoms with Gasteiger partial charge in [0.15, 0.2) is 0 Å². The molecule has 0 unspecified atom stereocenters. The Bertz CT molecular complexity index is 959. The Morgan fingerprint density at radius 1 is 0.926 bits per heavy atom. The SMILES string of the molecule is CCCCCOc1cccc(-c2c(F)cccc2-c2cccc(C#N)c2)c1. The second kappa shape index (κ2) is 9.00. The van der Waals surface area contributed by atoms with Crippen LogP contribution in [0.5, 0.6) is 5.75 Å². The lowest BCUT2D eigenvalue weighted by Gasteiger charge is -2.13. The fourth-order valence-corrected chi connectivity index (χ4v) is 3.10. The smallest absolute Gasteiger partial charge is 0.131 e. The number of nitriles is 1. The molecule has 0 fully saturated rings. The Morgan fingerprint density at radius 2 is 1.70 bits per heavy atom. The highest BCUT2D eigenvalue weighted by Gasteiger charge is 2.13. The van der Waals surface area contributed by atoms with E-state index in [4.69, 9.17) is 10.00 Å². The lowest BCUT2D eigenvalue weighted by molar-refractivity contribution is 0.306. The number of hydrogen-bond donors (Lipinski definition) is 0. The fraction of sp³-hybridized carbons (Fsp3) is 0.208. The van der Waals surface area contributed by atoms with Gasteiger partial charge in [0.05, 0.1) is 18.2 Å². The third-order valence-corrected chi connectivity index (χ3v) is 4.46. The molecule has 3 heteroatoms. The van der Waals surface area contributed by atoms with Crippen LogP contribution >= 0.6 is 0 Å². The van der Waals surface area contributed by atoms with Gasteiger partial charge in [0.1, 0.15) is 11.6 Å². The van der Waals surface area contributed by atoms with Gasteiger partial charge in [-0.2, -0.15) is 5.26 Å². The summed E-state index contributed by atoms with van der Waals surface area (Å²) in [5.74, 6) is 0.446. The third kappa shape index (κ3) is 4.54. The number of nitrogens with zero attached hydrogens (tertiary/aromatic N) is 1. The Kier molecular flexibility index (Phi) is 6.22. The van der Waals surface area contributed by atoms with Crippen molar-refractivity contribution in [2.24, 2.45) is 0 Å². The molecule has 0 aliphatic heterocycles. The summed E-state index contributed by atoms with van der Waals surface area (Å²) in [5.41, 5.74) is 3.41. The summed E-state index contributed by atoms with van der Waals surface area (Å²) in [4.78, 5) is 0. The standard InChI is InChI=1S/C24H22FNO/c1-2-3-4-14-27-21-11-6-10-20(16-21)24-22(12-7-13-23(24)25)19-9-5-8-18(15-19)17-26/h5-13,15-16H,2-4,14H2,1H3. The van der Waals surface area contributed by atoms with Gasteiger partial charge in [0.25, 0.3) is 0 Å². The van der Waals surface area contributed by atoms with Crippen molar-refractivity contribution < 1.29 is 9.13 Å². The first-order chi connectivity index (χ1) is 13.2. The van der Waals surface area contributed by atoms with Crippen LogP contribution in [0.4, 0.5) is 4.39 Å². The van der Waals surface area contributed by atoms with Crippen LogP contribution < -0.4 is 4.74 Å². The van der Waals surface area contributed by atoms with Gasteiger partial charge in [-0.1, -0.05) is 56.2 Å². The molecular weight excluding hydrogens is 337 g/mol. The van der Waals surface area contributed by atoms with E-state index in [2.05, 4.69) is 13.0 Å². The van der Waals surface area contributed by atoms with Crippen LogP contribution in [0.2, 0.25) is 0 Å². The molecule has 0 aliphatic carbocycles. The van der Waals surface area contributed by atoms with E-state index in [9.17, 15) is 4.39 Å². The maximum atomic E-state index is 14.8. The highest BCUT2D eigenvalue weighted by atomic mass is 19.1. The first kappa shape index (κ1) is 18.7. The van der Waals surface area contributed by atoms with E-state index in [0.717, 1.165) is 41.7 Å². The highest BCUT2D eigenvalue weighted by Crippen LogP contribution is 2.36. The Labute approximate surface area is 159 Å². The van der Waals surface area contributed by atoms with Gasteiger partial charge in [-0.3, -0.25) is 0 Å². The van der Waals surface area contributed by atoms with Crippen LogP contribution in [-0.2, 0) is 0 Å². The second-order valence-corrected chi connectivity index (χ2v) is 6.44. The van der Waals surface area contributed by atoms with Gasteiger partial charge < -0.3 is 4.74 Å². The van der Waals surface area contributed by atoms with E-state index in [1.165, 1.54) is 6.07 Å². The van der Waals surface area contributed by atoms with Crippen LogP contribution in [0.1, 0.15) is 31.7 Å². The van der Waals surface area contributed by atoms with Crippen molar-refractivity contribution in [2.45, 2.75) is 26.2 Å². The van der Waals surface area contributed by atoms with Crippen molar-refractivity contribution in [3.8, 4) is 34.1 Å². The van der Waals surface area contributed by atoms with E-state index in [0.29, 0.717) is 17.7 Å². The molecule has 0 amide bonds. The minimum absolute atomic E-state index is 0.294. The molecule has 0 saturated heterocycles. The monoisotopic (exact) mass is 359 g/mol. The Morgan fingerprint density at radius 3 is 2.52 bits per heavy atom. The van der Waals surface area contributed by atoms with E-state index in [-0.39, 0.29) is 5.82 Å². The quantitative estimate of drug-likeness (QED) is 0.445. The van der Waals surface area contributed by atoms with Crippen molar-refractivity contribution in [1.29, 1.82) is 5.26 Å². The van der Waals surface area contributed by atoms with Gasteiger partial charge in [0.2, 0.25) is 0 Å². The summed E-state index contributed by atoms with van der Waals surface area (Å²) in [6.45, 7) is 2.81. The van der Waals surface area contributed by atoms with Crippen LogP contribution in [0.15, 0.2) is 66.7 Å². The predicted octanol–water partition coefficient (Wildman–Crippen LogP) is 6.60. The van der Waals surface area contributed by atoms with Gasteiger partial charge in [-0.05, 0) is 53.4 Å². The van der Waals surface area contributed by atoms with Crippen LogP contribution in [-0.4, -0.2) is 6.61 Å². The maximum Gasteiger partial charge on any atom is 0.131 e. The zero-order valence-electron chi connectivity index (χ0n) is 15.4. The normalized spacial score (nSPS) is 10.4. The molecule has 2 nitrogen and oxygen atoms in total. The topological polar surface area (TPSA) is 33.0 Å². The summed E-state index contributed by atoms with van der Waals surface area (Å²) in [6, 6.07) is 21.9. The molecule has 0 spiro atoms. The second-order valence-electron chi connectivity index (χ2n) is 6.44. The lowest BCUT2D eigenvalue weighted by atomic mass is 9.93. The van der Waals surface area contributed by atoms with Gasteiger partial charge >= 0.3 is 0 Å². The average Bonchev–Trinajstić information content (AvgIpc) is 2.71. The van der Waals surface area contributed by atoms with Crippen molar-refractivity contribution in [1.82, 2.24) is 0 Å². The van der Waals surface area contributed by atoms with Crippen molar-refractivity contribution in [3.05, 3.63) is 78.1 Å². The van der Waals surface area contributed by atoms with Crippen molar-refractivity contribution >= 4 is 0 Å². The molecule has 0 atom stereocenters. The van der Waals surface area contributed by atoms with Crippen LogP contribution in [0.25, 0.3) is 22.3 Å². The van der Waals surface area contributed by atoms with Gasteiger partial charge in [0, 0.05) is 5.56 Å². The molecule has 3 rings (SSSR count). The molecule has 136 valence electrons. The molecule has 0 bridgehead atoms. The van der Waals surface area contributed by atoms with E-state index in [1.54, 1.807) is 18.2 Å². The molecule has 0 heterocycles. The third-order valence-electron chi connectivity index (χ3n) is 4.46. The van der Waals surface area contributed by atoms with E-state index >= 15 is 0 Å². The van der Waals surface area contributed by atoms with Gasteiger partial charge in [-0.25, -0.2) is 4.39 Å². The minimum atomic E-state index is -0.294. The van der Waals surface area contributed by atoms with E-state index in [1.807, 2.05) is 42.5 Å². The first-order valence-electron chi connectivity index (χ1n) is 9.25. The lowest BCUT2D eigenvalue weighted by Crippen LogP contribution is -1.97. The summed E-state index contributed by atoms with van der Waals surface area (Å²) in [5, 5.41) is 9.17. The average molecular weight is 359 g/mol. The molecule has 3 aromatic rings. The molecule has 0 radical (unpaired) electrons. The van der Waals surface area contributed by atoms with E-state index < -0.39 is 0 Å². The molecule has 0 aromatic heterocycles. The summed E-state index contributed by atoms with van der Waals surface area (Å²) in [7, 11) is 0. The molecule has 3 aromatic carbocycles. The molecule has 27 heavy (non-hydrogen) atoms. The minimum Gasteiger partial charge on any atom is -0.494 e. The number of rotatable bonds is 7. The summed E-state index contributed by atoms with van der Waals surface area (Å²) >= 11 is 0. The molecule has 0 aliphatic rings. The fourth-order valence-electron chi connectivity index (χ4n) is 3.10. The highest BCUT2D eigenvalue weighted by molar-refractivity contribution is 5.84. The number of ether oxygens (including phenoxy) is 1. The largest absolute Gasteiger partial charge is 0.494 e. The molecular formula is C24H22FNO.